The van der Waals surface area contributed by atoms with Crippen LogP contribution < -0.4 is 14.4 Å². The fourth-order valence-corrected chi connectivity index (χ4v) is 5.32. The number of hydrogen-bond acceptors (Lipinski definition) is 6. The Morgan fingerprint density at radius 1 is 1.15 bits per heavy atom. The standard InChI is InChI=1S/C29H36F3N3O5/c1-3-34(18-29(30,31)32)28(38)23-7-6-22(39-2)15-25(23)35-12-9-19(10-13-35)17-40-26-14-21(8-11-33-26)24(16-27(36)37)20-4-5-20/h6-8,11,14-15,19-20,24H,3-5,9-10,12-13,16-18H2,1-2H3,(H,36,37). The Hall–Kier alpha value is -3.50. The summed E-state index contributed by atoms with van der Waals surface area (Å²) in [4.78, 5) is 31.6. The van der Waals surface area contributed by atoms with Crippen LogP contribution in [0.1, 0.15) is 60.9 Å². The van der Waals surface area contributed by atoms with Gasteiger partial charge < -0.3 is 24.4 Å². The monoisotopic (exact) mass is 563 g/mol. The third-order valence-electron chi connectivity index (χ3n) is 7.67. The molecule has 1 aliphatic carbocycles. The Morgan fingerprint density at radius 3 is 2.48 bits per heavy atom. The smallest absolute Gasteiger partial charge is 0.406 e. The maximum Gasteiger partial charge on any atom is 0.406 e. The minimum Gasteiger partial charge on any atom is -0.497 e. The Bertz CT molecular complexity index is 1180. The van der Waals surface area contributed by atoms with Crippen LogP contribution in [0.15, 0.2) is 36.5 Å². The van der Waals surface area contributed by atoms with Gasteiger partial charge in [0.25, 0.3) is 5.91 Å². The maximum atomic E-state index is 13.1. The Morgan fingerprint density at radius 2 is 1.88 bits per heavy atom. The van der Waals surface area contributed by atoms with E-state index in [1.165, 1.54) is 20.1 Å². The average molecular weight is 564 g/mol. The number of carbonyl (C=O) groups is 2. The van der Waals surface area contributed by atoms with Gasteiger partial charge in [-0.3, -0.25) is 9.59 Å². The third-order valence-corrected chi connectivity index (χ3v) is 7.67. The molecule has 218 valence electrons. The number of aromatic nitrogens is 1. The summed E-state index contributed by atoms with van der Waals surface area (Å²) >= 11 is 0. The molecule has 1 aromatic carbocycles. The number of pyridine rings is 1. The molecule has 0 bridgehead atoms. The molecule has 2 fully saturated rings. The van der Waals surface area contributed by atoms with Gasteiger partial charge in [0, 0.05) is 38.0 Å². The summed E-state index contributed by atoms with van der Waals surface area (Å²) < 4.78 is 50.5. The number of methoxy groups -OCH3 is 1. The maximum absolute atomic E-state index is 13.1. The van der Waals surface area contributed by atoms with Gasteiger partial charge in [0.2, 0.25) is 5.88 Å². The molecule has 40 heavy (non-hydrogen) atoms. The van der Waals surface area contributed by atoms with E-state index in [-0.39, 0.29) is 30.4 Å². The third kappa shape index (κ3) is 7.79. The van der Waals surface area contributed by atoms with Crippen molar-refractivity contribution in [3.05, 3.63) is 47.7 Å². The number of carboxylic acids is 1. The molecule has 0 radical (unpaired) electrons. The van der Waals surface area contributed by atoms with Crippen molar-refractivity contribution >= 4 is 17.6 Å². The minimum absolute atomic E-state index is 0.0365. The lowest BCUT2D eigenvalue weighted by Gasteiger charge is -2.35. The number of alkyl halides is 3. The van der Waals surface area contributed by atoms with Crippen molar-refractivity contribution in [1.82, 2.24) is 9.88 Å². The van der Waals surface area contributed by atoms with Crippen LogP contribution in [0.5, 0.6) is 11.6 Å². The Balaban J connectivity index is 1.39. The molecule has 1 saturated heterocycles. The summed E-state index contributed by atoms with van der Waals surface area (Å²) in [5.74, 6) is 0.0951. The number of ether oxygens (including phenoxy) is 2. The molecule has 1 unspecified atom stereocenters. The van der Waals surface area contributed by atoms with E-state index < -0.39 is 24.6 Å². The molecule has 4 rings (SSSR count). The summed E-state index contributed by atoms with van der Waals surface area (Å²) in [6.45, 7) is 1.80. The van der Waals surface area contributed by atoms with Crippen LogP contribution in [0, 0.1) is 11.8 Å². The predicted octanol–water partition coefficient (Wildman–Crippen LogP) is 5.38. The second-order valence-electron chi connectivity index (χ2n) is 10.5. The molecular formula is C29H36F3N3O5. The number of hydrogen-bond donors (Lipinski definition) is 1. The van der Waals surface area contributed by atoms with Crippen LogP contribution in [0.25, 0.3) is 0 Å². The summed E-state index contributed by atoms with van der Waals surface area (Å²) in [7, 11) is 1.50. The lowest BCUT2D eigenvalue weighted by molar-refractivity contribution is -0.140. The highest BCUT2D eigenvalue weighted by atomic mass is 19.4. The number of carbonyl (C=O) groups excluding carboxylic acids is 1. The van der Waals surface area contributed by atoms with Crippen LogP contribution >= 0.6 is 0 Å². The quantitative estimate of drug-likeness (QED) is 0.371. The zero-order valence-corrected chi connectivity index (χ0v) is 22.8. The number of nitrogens with zero attached hydrogens (tertiary/aromatic N) is 3. The van der Waals surface area contributed by atoms with Gasteiger partial charge in [-0.25, -0.2) is 4.98 Å². The number of carboxylic acid groups (broad SMARTS) is 1. The van der Waals surface area contributed by atoms with E-state index in [0.717, 1.165) is 36.1 Å². The number of rotatable bonds is 12. The number of anilines is 1. The van der Waals surface area contributed by atoms with E-state index in [0.29, 0.717) is 42.9 Å². The van der Waals surface area contributed by atoms with Crippen LogP contribution in [-0.2, 0) is 4.79 Å². The zero-order chi connectivity index (χ0) is 28.9. The van der Waals surface area contributed by atoms with Crippen molar-refractivity contribution in [3.63, 3.8) is 0 Å². The molecule has 8 nitrogen and oxygen atoms in total. The highest BCUT2D eigenvalue weighted by Crippen LogP contribution is 2.45. The first-order chi connectivity index (χ1) is 19.1. The first-order valence-electron chi connectivity index (χ1n) is 13.7. The predicted molar refractivity (Wildman–Crippen MR) is 143 cm³/mol. The van der Waals surface area contributed by atoms with Gasteiger partial charge in [-0.1, -0.05) is 0 Å². The molecule has 2 aromatic rings. The number of aliphatic carboxylic acids is 1. The lowest BCUT2D eigenvalue weighted by Crippen LogP contribution is -2.41. The second-order valence-corrected chi connectivity index (χ2v) is 10.5. The van der Waals surface area contributed by atoms with Gasteiger partial charge in [0.1, 0.15) is 12.3 Å². The number of benzene rings is 1. The topological polar surface area (TPSA) is 92.2 Å². The summed E-state index contributed by atoms with van der Waals surface area (Å²) in [6, 6.07) is 8.52. The van der Waals surface area contributed by atoms with Crippen LogP contribution in [0.3, 0.4) is 0 Å². The fraction of sp³-hybridized carbons (Fsp3) is 0.552. The van der Waals surface area contributed by atoms with Gasteiger partial charge in [0.05, 0.1) is 31.4 Å². The van der Waals surface area contributed by atoms with E-state index in [2.05, 4.69) is 4.98 Å². The van der Waals surface area contributed by atoms with Crippen molar-refractivity contribution < 1.29 is 37.3 Å². The zero-order valence-electron chi connectivity index (χ0n) is 22.8. The van der Waals surface area contributed by atoms with E-state index >= 15 is 0 Å². The Kier molecular flexibility index (Phi) is 9.42. The average Bonchev–Trinajstić information content (AvgIpc) is 3.78. The minimum atomic E-state index is -4.49. The normalized spacial score (nSPS) is 16.9. The van der Waals surface area contributed by atoms with Crippen molar-refractivity contribution in [2.75, 3.05) is 44.8 Å². The second kappa shape index (κ2) is 12.8. The number of amides is 1. The van der Waals surface area contributed by atoms with Crippen LogP contribution in [-0.4, -0.2) is 72.9 Å². The first-order valence-corrected chi connectivity index (χ1v) is 13.7. The lowest BCUT2D eigenvalue weighted by atomic mass is 9.92. The molecule has 2 heterocycles. The molecule has 1 saturated carbocycles. The number of halogens is 3. The van der Waals surface area contributed by atoms with Gasteiger partial charge in [-0.2, -0.15) is 13.2 Å². The first kappa shape index (κ1) is 29.5. The van der Waals surface area contributed by atoms with E-state index in [1.807, 2.05) is 17.0 Å². The van der Waals surface area contributed by atoms with Crippen LogP contribution in [0.4, 0.5) is 18.9 Å². The SMILES string of the molecule is CCN(CC(F)(F)F)C(=O)c1ccc(OC)cc1N1CCC(COc2cc(C(CC(=O)O)C3CC3)ccn2)CC1. The molecule has 11 heteroatoms. The number of piperidine rings is 1. The largest absolute Gasteiger partial charge is 0.497 e. The summed E-state index contributed by atoms with van der Waals surface area (Å²) in [5, 5.41) is 9.31. The van der Waals surface area contributed by atoms with Crippen molar-refractivity contribution in [2.24, 2.45) is 11.8 Å². The molecule has 1 atom stereocenters. The van der Waals surface area contributed by atoms with E-state index in [9.17, 15) is 27.9 Å². The summed E-state index contributed by atoms with van der Waals surface area (Å²) in [6.07, 6.45) is 0.851. The van der Waals surface area contributed by atoms with E-state index in [4.69, 9.17) is 9.47 Å². The Labute approximate surface area is 232 Å². The molecule has 1 aliphatic heterocycles. The highest BCUT2D eigenvalue weighted by Gasteiger charge is 2.35. The van der Waals surface area contributed by atoms with Gasteiger partial charge in [-0.15, -0.1) is 0 Å². The van der Waals surface area contributed by atoms with Gasteiger partial charge in [0.15, 0.2) is 0 Å². The molecule has 2 aliphatic rings. The summed E-state index contributed by atoms with van der Waals surface area (Å²) in [5.41, 5.74) is 1.71. The van der Waals surface area contributed by atoms with Crippen LogP contribution in [0.2, 0.25) is 0 Å². The molecule has 1 aromatic heterocycles. The highest BCUT2D eigenvalue weighted by molar-refractivity contribution is 6.00. The fourth-order valence-electron chi connectivity index (χ4n) is 5.32. The van der Waals surface area contributed by atoms with Crippen molar-refractivity contribution in [3.8, 4) is 11.6 Å². The van der Waals surface area contributed by atoms with Gasteiger partial charge in [-0.05, 0) is 74.1 Å². The molecule has 1 N–H and O–H groups in total. The molecule has 1 amide bonds. The van der Waals surface area contributed by atoms with Crippen molar-refractivity contribution in [2.45, 2.75) is 51.1 Å². The molecular weight excluding hydrogens is 527 g/mol. The van der Waals surface area contributed by atoms with Gasteiger partial charge >= 0.3 is 12.1 Å². The van der Waals surface area contributed by atoms with E-state index in [1.54, 1.807) is 18.3 Å². The van der Waals surface area contributed by atoms with Crippen molar-refractivity contribution in [1.29, 1.82) is 0 Å². The molecule has 0 spiro atoms.